The van der Waals surface area contributed by atoms with Gasteiger partial charge in [-0.3, -0.25) is 9.78 Å². The number of nitrogens with zero attached hydrogens (tertiary/aromatic N) is 1. The van der Waals surface area contributed by atoms with E-state index in [1.807, 2.05) is 18.2 Å². The maximum absolute atomic E-state index is 10.6. The Morgan fingerprint density at radius 2 is 2.18 bits per heavy atom. The Hall–Kier alpha value is -2.10. The molecule has 4 heteroatoms. The van der Waals surface area contributed by atoms with E-state index < -0.39 is 5.97 Å². The van der Waals surface area contributed by atoms with Crippen LogP contribution in [0.5, 0.6) is 5.75 Å². The lowest BCUT2D eigenvalue weighted by Crippen LogP contribution is -1.98. The topological polar surface area (TPSA) is 59.4 Å². The molecule has 1 N–H and O–H groups in total. The van der Waals surface area contributed by atoms with Crippen LogP contribution >= 0.6 is 0 Å². The van der Waals surface area contributed by atoms with Crippen LogP contribution in [0.2, 0.25) is 0 Å². The van der Waals surface area contributed by atoms with Crippen LogP contribution in [0.25, 0.3) is 10.8 Å². The standard InChI is InChI=1S/C13H13NO3/c1-17-12-4-2-9(3-5-13(15)16)10-6-7-14-8-11(10)12/h2,4,6-8H,3,5H2,1H3,(H,15,16). The number of fused-ring (bicyclic) bond motifs is 1. The third kappa shape index (κ3) is 2.36. The molecule has 0 aliphatic heterocycles. The predicted molar refractivity (Wildman–Crippen MR) is 64.3 cm³/mol. The Kier molecular flexibility index (Phi) is 3.23. The summed E-state index contributed by atoms with van der Waals surface area (Å²) in [5.41, 5.74) is 1.01. The Morgan fingerprint density at radius 3 is 2.88 bits per heavy atom. The molecule has 0 amide bonds. The van der Waals surface area contributed by atoms with Crippen molar-refractivity contribution in [2.75, 3.05) is 7.11 Å². The highest BCUT2D eigenvalue weighted by molar-refractivity contribution is 5.90. The maximum atomic E-state index is 10.6. The summed E-state index contributed by atoms with van der Waals surface area (Å²) < 4.78 is 5.25. The van der Waals surface area contributed by atoms with Crippen molar-refractivity contribution in [3.8, 4) is 5.75 Å². The van der Waals surface area contributed by atoms with Crippen molar-refractivity contribution in [3.63, 3.8) is 0 Å². The lowest BCUT2D eigenvalue weighted by Gasteiger charge is -2.09. The zero-order valence-electron chi connectivity index (χ0n) is 9.51. The molecule has 1 heterocycles. The molecule has 0 radical (unpaired) electrons. The fraction of sp³-hybridized carbons (Fsp3) is 0.231. The first kappa shape index (κ1) is 11.4. The molecule has 0 bridgehead atoms. The summed E-state index contributed by atoms with van der Waals surface area (Å²) in [5.74, 6) is -0.0322. The van der Waals surface area contributed by atoms with E-state index in [0.29, 0.717) is 6.42 Å². The minimum absolute atomic E-state index is 0.129. The fourth-order valence-corrected chi connectivity index (χ4v) is 1.86. The molecule has 0 saturated heterocycles. The van der Waals surface area contributed by atoms with E-state index in [4.69, 9.17) is 9.84 Å². The van der Waals surface area contributed by atoms with Gasteiger partial charge in [-0.1, -0.05) is 6.07 Å². The van der Waals surface area contributed by atoms with Gasteiger partial charge in [0.15, 0.2) is 0 Å². The number of pyridine rings is 1. The number of methoxy groups -OCH3 is 1. The summed E-state index contributed by atoms with van der Waals surface area (Å²) >= 11 is 0. The summed E-state index contributed by atoms with van der Waals surface area (Å²) in [6.07, 6.45) is 4.08. The molecule has 0 atom stereocenters. The van der Waals surface area contributed by atoms with Crippen LogP contribution in [0.4, 0.5) is 0 Å². The van der Waals surface area contributed by atoms with E-state index in [-0.39, 0.29) is 6.42 Å². The molecule has 0 unspecified atom stereocenters. The van der Waals surface area contributed by atoms with E-state index in [2.05, 4.69) is 4.98 Å². The Bertz CT molecular complexity index is 551. The average Bonchev–Trinajstić information content (AvgIpc) is 2.35. The Morgan fingerprint density at radius 1 is 1.35 bits per heavy atom. The first-order valence-corrected chi connectivity index (χ1v) is 5.33. The van der Waals surface area contributed by atoms with Gasteiger partial charge in [0.05, 0.1) is 7.11 Å². The van der Waals surface area contributed by atoms with Gasteiger partial charge in [-0.2, -0.15) is 0 Å². The van der Waals surface area contributed by atoms with E-state index in [0.717, 1.165) is 22.1 Å². The summed E-state index contributed by atoms with van der Waals surface area (Å²) in [5, 5.41) is 10.6. The zero-order valence-corrected chi connectivity index (χ0v) is 9.51. The number of carboxylic acid groups (broad SMARTS) is 1. The van der Waals surface area contributed by atoms with Crippen molar-refractivity contribution in [2.24, 2.45) is 0 Å². The quantitative estimate of drug-likeness (QED) is 0.876. The number of hydrogen-bond acceptors (Lipinski definition) is 3. The summed E-state index contributed by atoms with van der Waals surface area (Å²) in [6, 6.07) is 5.64. The van der Waals surface area contributed by atoms with Crippen molar-refractivity contribution in [3.05, 3.63) is 36.2 Å². The molecule has 0 saturated carbocycles. The van der Waals surface area contributed by atoms with E-state index in [9.17, 15) is 4.79 Å². The number of ether oxygens (including phenoxy) is 1. The van der Waals surface area contributed by atoms with Crippen LogP contribution in [-0.4, -0.2) is 23.2 Å². The van der Waals surface area contributed by atoms with Crippen molar-refractivity contribution >= 4 is 16.7 Å². The van der Waals surface area contributed by atoms with Gasteiger partial charge in [-0.15, -0.1) is 0 Å². The molecule has 2 rings (SSSR count). The first-order valence-electron chi connectivity index (χ1n) is 5.33. The molecule has 0 spiro atoms. The van der Waals surface area contributed by atoms with Gasteiger partial charge >= 0.3 is 5.97 Å². The number of carboxylic acids is 1. The molecule has 0 fully saturated rings. The van der Waals surface area contributed by atoms with Gasteiger partial charge in [-0.25, -0.2) is 0 Å². The lowest BCUT2D eigenvalue weighted by molar-refractivity contribution is -0.136. The molecule has 1 aromatic heterocycles. The second-order valence-corrected chi connectivity index (χ2v) is 3.74. The van der Waals surface area contributed by atoms with Gasteiger partial charge < -0.3 is 9.84 Å². The molecule has 88 valence electrons. The Labute approximate surface area is 98.9 Å². The minimum Gasteiger partial charge on any atom is -0.496 e. The number of hydrogen-bond donors (Lipinski definition) is 1. The van der Waals surface area contributed by atoms with Crippen molar-refractivity contribution in [1.82, 2.24) is 4.98 Å². The molecular weight excluding hydrogens is 218 g/mol. The number of aryl methyl sites for hydroxylation is 1. The third-order valence-electron chi connectivity index (χ3n) is 2.70. The van der Waals surface area contributed by atoms with E-state index in [1.165, 1.54) is 0 Å². The number of rotatable bonds is 4. The molecular formula is C13H13NO3. The summed E-state index contributed by atoms with van der Waals surface area (Å²) in [6.45, 7) is 0. The maximum Gasteiger partial charge on any atom is 0.303 e. The number of aromatic nitrogens is 1. The largest absolute Gasteiger partial charge is 0.496 e. The van der Waals surface area contributed by atoms with Crippen molar-refractivity contribution < 1.29 is 14.6 Å². The molecule has 1 aromatic carbocycles. The van der Waals surface area contributed by atoms with E-state index in [1.54, 1.807) is 19.5 Å². The van der Waals surface area contributed by atoms with Crippen LogP contribution in [0, 0.1) is 0 Å². The number of carbonyl (C=O) groups is 1. The van der Waals surface area contributed by atoms with Gasteiger partial charge in [0, 0.05) is 24.2 Å². The summed E-state index contributed by atoms with van der Waals surface area (Å²) in [7, 11) is 1.61. The van der Waals surface area contributed by atoms with E-state index >= 15 is 0 Å². The third-order valence-corrected chi connectivity index (χ3v) is 2.70. The van der Waals surface area contributed by atoms with Crippen LogP contribution < -0.4 is 4.74 Å². The molecule has 0 aliphatic carbocycles. The minimum atomic E-state index is -0.789. The lowest BCUT2D eigenvalue weighted by atomic mass is 10.0. The van der Waals surface area contributed by atoms with Gasteiger partial charge in [0.25, 0.3) is 0 Å². The fourth-order valence-electron chi connectivity index (χ4n) is 1.86. The second kappa shape index (κ2) is 4.82. The normalized spacial score (nSPS) is 10.4. The van der Waals surface area contributed by atoms with Crippen LogP contribution in [0.1, 0.15) is 12.0 Å². The highest BCUT2D eigenvalue weighted by Crippen LogP contribution is 2.28. The van der Waals surface area contributed by atoms with Gasteiger partial charge in [-0.05, 0) is 29.5 Å². The highest BCUT2D eigenvalue weighted by atomic mass is 16.5. The smallest absolute Gasteiger partial charge is 0.303 e. The second-order valence-electron chi connectivity index (χ2n) is 3.74. The summed E-state index contributed by atoms with van der Waals surface area (Å²) in [4.78, 5) is 14.7. The average molecular weight is 231 g/mol. The first-order chi connectivity index (χ1) is 8.22. The molecule has 2 aromatic rings. The van der Waals surface area contributed by atoms with Crippen LogP contribution in [0.15, 0.2) is 30.6 Å². The predicted octanol–water partition coefficient (Wildman–Crippen LogP) is 2.26. The molecule has 17 heavy (non-hydrogen) atoms. The SMILES string of the molecule is COc1ccc(CCC(=O)O)c2ccncc12. The monoisotopic (exact) mass is 231 g/mol. The number of benzene rings is 1. The van der Waals surface area contributed by atoms with Gasteiger partial charge in [0.2, 0.25) is 0 Å². The molecule has 4 nitrogen and oxygen atoms in total. The van der Waals surface area contributed by atoms with Crippen LogP contribution in [-0.2, 0) is 11.2 Å². The Balaban J connectivity index is 2.47. The van der Waals surface area contributed by atoms with Crippen molar-refractivity contribution in [2.45, 2.75) is 12.8 Å². The zero-order chi connectivity index (χ0) is 12.3. The molecule has 0 aliphatic rings. The van der Waals surface area contributed by atoms with Crippen LogP contribution in [0.3, 0.4) is 0 Å². The van der Waals surface area contributed by atoms with Crippen molar-refractivity contribution in [1.29, 1.82) is 0 Å². The highest BCUT2D eigenvalue weighted by Gasteiger charge is 2.07. The van der Waals surface area contributed by atoms with Gasteiger partial charge in [0.1, 0.15) is 5.75 Å². The number of aliphatic carboxylic acids is 1.